The zero-order chi connectivity index (χ0) is 15.2. The summed E-state index contributed by atoms with van der Waals surface area (Å²) in [6, 6.07) is 9.06. The van der Waals surface area contributed by atoms with Gasteiger partial charge in [-0.05, 0) is 18.2 Å². The Hall–Kier alpha value is -1.65. The first kappa shape index (κ1) is 17.4. The molecular weight excluding hydrogens is 274 g/mol. The van der Waals surface area contributed by atoms with E-state index in [1.807, 2.05) is 0 Å². The van der Waals surface area contributed by atoms with Crippen molar-refractivity contribution in [1.29, 1.82) is 5.26 Å². The number of aliphatic hydroxyl groups is 1. The van der Waals surface area contributed by atoms with E-state index in [1.54, 1.807) is 24.3 Å². The fourth-order valence-electron chi connectivity index (χ4n) is 1.48. The lowest BCUT2D eigenvalue weighted by atomic mass is 10.2. The van der Waals surface area contributed by atoms with Crippen LogP contribution in [-0.2, 0) is 14.2 Å². The van der Waals surface area contributed by atoms with Crippen molar-refractivity contribution in [3.8, 4) is 11.8 Å². The van der Waals surface area contributed by atoms with Crippen LogP contribution in [0.2, 0.25) is 0 Å². The summed E-state index contributed by atoms with van der Waals surface area (Å²) in [6.07, 6.45) is 0. The summed E-state index contributed by atoms with van der Waals surface area (Å²) >= 11 is 0. The highest BCUT2D eigenvalue weighted by molar-refractivity contribution is 5.36. The molecule has 0 heterocycles. The summed E-state index contributed by atoms with van der Waals surface area (Å²) in [5, 5.41) is 17.2. The van der Waals surface area contributed by atoms with E-state index < -0.39 is 0 Å². The predicted octanol–water partition coefficient (Wildman–Crippen LogP) is 0.979. The third-order valence-electron chi connectivity index (χ3n) is 2.44. The lowest BCUT2D eigenvalue weighted by Gasteiger charge is -2.08. The normalized spacial score (nSPS) is 10.3. The zero-order valence-corrected chi connectivity index (χ0v) is 12.0. The SMILES string of the molecule is N#Cc1cccc(OCCOCCOCCOCCO)c1. The largest absolute Gasteiger partial charge is 0.491 e. The Kier molecular flexibility index (Phi) is 10.0. The van der Waals surface area contributed by atoms with Crippen molar-refractivity contribution in [1.82, 2.24) is 0 Å². The fraction of sp³-hybridized carbons (Fsp3) is 0.533. The molecular formula is C15H21NO5. The molecule has 0 spiro atoms. The van der Waals surface area contributed by atoms with Gasteiger partial charge in [-0.25, -0.2) is 0 Å². The Labute approximate surface area is 124 Å². The highest BCUT2D eigenvalue weighted by Gasteiger charge is 1.96. The van der Waals surface area contributed by atoms with Gasteiger partial charge in [0, 0.05) is 0 Å². The second-order valence-corrected chi connectivity index (χ2v) is 4.05. The third-order valence-corrected chi connectivity index (χ3v) is 2.44. The van der Waals surface area contributed by atoms with Crippen LogP contribution in [0.3, 0.4) is 0 Å². The Morgan fingerprint density at radius 1 is 0.905 bits per heavy atom. The number of nitrogens with zero attached hydrogens (tertiary/aromatic N) is 1. The minimum atomic E-state index is 0.0282. The van der Waals surface area contributed by atoms with Gasteiger partial charge in [0.15, 0.2) is 0 Å². The van der Waals surface area contributed by atoms with E-state index in [-0.39, 0.29) is 6.61 Å². The number of ether oxygens (including phenoxy) is 4. The van der Waals surface area contributed by atoms with Crippen molar-refractivity contribution >= 4 is 0 Å². The molecule has 0 aromatic heterocycles. The van der Waals surface area contributed by atoms with Crippen molar-refractivity contribution in [3.63, 3.8) is 0 Å². The van der Waals surface area contributed by atoms with Gasteiger partial charge in [-0.15, -0.1) is 0 Å². The second kappa shape index (κ2) is 12.1. The van der Waals surface area contributed by atoms with Gasteiger partial charge in [0.1, 0.15) is 12.4 Å². The van der Waals surface area contributed by atoms with Gasteiger partial charge in [-0.3, -0.25) is 0 Å². The molecule has 0 aliphatic heterocycles. The molecule has 116 valence electrons. The predicted molar refractivity (Wildman–Crippen MR) is 76.2 cm³/mol. The average molecular weight is 295 g/mol. The molecule has 21 heavy (non-hydrogen) atoms. The number of nitriles is 1. The van der Waals surface area contributed by atoms with Gasteiger partial charge in [0.25, 0.3) is 0 Å². The summed E-state index contributed by atoms with van der Waals surface area (Å²) in [6.45, 7) is 3.19. The molecule has 0 saturated carbocycles. The van der Waals surface area contributed by atoms with Crippen LogP contribution in [0.15, 0.2) is 24.3 Å². The van der Waals surface area contributed by atoms with Crippen LogP contribution in [0, 0.1) is 11.3 Å². The first-order valence-corrected chi connectivity index (χ1v) is 6.84. The van der Waals surface area contributed by atoms with Crippen LogP contribution in [0.1, 0.15) is 5.56 Å². The van der Waals surface area contributed by atoms with Crippen LogP contribution in [0.4, 0.5) is 0 Å². The second-order valence-electron chi connectivity index (χ2n) is 4.05. The monoisotopic (exact) mass is 295 g/mol. The summed E-state index contributed by atoms with van der Waals surface area (Å²) < 4.78 is 21.1. The zero-order valence-electron chi connectivity index (χ0n) is 12.0. The van der Waals surface area contributed by atoms with Crippen molar-refractivity contribution < 1.29 is 24.1 Å². The highest BCUT2D eigenvalue weighted by atomic mass is 16.6. The smallest absolute Gasteiger partial charge is 0.120 e. The van der Waals surface area contributed by atoms with E-state index >= 15 is 0 Å². The molecule has 0 aliphatic rings. The molecule has 1 N–H and O–H groups in total. The van der Waals surface area contributed by atoms with Crippen LogP contribution in [-0.4, -0.2) is 58.0 Å². The average Bonchev–Trinajstić information content (AvgIpc) is 2.53. The van der Waals surface area contributed by atoms with Gasteiger partial charge < -0.3 is 24.1 Å². The van der Waals surface area contributed by atoms with Crippen LogP contribution >= 0.6 is 0 Å². The topological polar surface area (TPSA) is 80.9 Å². The van der Waals surface area contributed by atoms with E-state index in [4.69, 9.17) is 29.3 Å². The summed E-state index contributed by atoms with van der Waals surface area (Å²) in [5.41, 5.74) is 0.574. The molecule has 6 heteroatoms. The van der Waals surface area contributed by atoms with Crippen molar-refractivity contribution in [2.45, 2.75) is 0 Å². The highest BCUT2D eigenvalue weighted by Crippen LogP contribution is 2.12. The van der Waals surface area contributed by atoms with Crippen LogP contribution in [0.25, 0.3) is 0 Å². The lowest BCUT2D eigenvalue weighted by molar-refractivity contribution is 0.00361. The third kappa shape index (κ3) is 9.00. The van der Waals surface area contributed by atoms with Crippen LogP contribution < -0.4 is 4.74 Å². The Balaban J connectivity index is 1.92. The fourth-order valence-corrected chi connectivity index (χ4v) is 1.48. The van der Waals surface area contributed by atoms with E-state index in [9.17, 15) is 0 Å². The minimum Gasteiger partial charge on any atom is -0.491 e. The Bertz CT molecular complexity index is 419. The molecule has 0 radical (unpaired) electrons. The first-order valence-electron chi connectivity index (χ1n) is 6.84. The molecule has 0 fully saturated rings. The standard InChI is InChI=1S/C15H21NO5/c16-13-14-2-1-3-15(12-14)21-11-10-20-9-8-19-7-6-18-5-4-17/h1-3,12,17H,4-11H2. The number of benzene rings is 1. The summed E-state index contributed by atoms with van der Waals surface area (Å²) in [5.74, 6) is 0.662. The molecule has 0 aliphatic carbocycles. The van der Waals surface area contributed by atoms with Crippen LogP contribution in [0.5, 0.6) is 5.75 Å². The maximum absolute atomic E-state index is 8.76. The molecule has 1 aromatic carbocycles. The van der Waals surface area contributed by atoms with Crippen molar-refractivity contribution in [3.05, 3.63) is 29.8 Å². The molecule has 0 saturated heterocycles. The Morgan fingerprint density at radius 2 is 1.52 bits per heavy atom. The van der Waals surface area contributed by atoms with E-state index in [2.05, 4.69) is 6.07 Å². The van der Waals surface area contributed by atoms with E-state index in [0.717, 1.165) is 0 Å². The van der Waals surface area contributed by atoms with Crippen molar-refractivity contribution in [2.75, 3.05) is 52.9 Å². The molecule has 0 unspecified atom stereocenters. The summed E-state index contributed by atoms with van der Waals surface area (Å²) in [7, 11) is 0. The molecule has 1 aromatic rings. The van der Waals surface area contributed by atoms with Gasteiger partial charge in [0.05, 0.1) is 57.9 Å². The van der Waals surface area contributed by atoms with Crippen molar-refractivity contribution in [2.24, 2.45) is 0 Å². The Morgan fingerprint density at radius 3 is 2.14 bits per heavy atom. The number of hydrogen-bond donors (Lipinski definition) is 1. The van der Waals surface area contributed by atoms with Gasteiger partial charge >= 0.3 is 0 Å². The van der Waals surface area contributed by atoms with E-state index in [1.165, 1.54) is 0 Å². The van der Waals surface area contributed by atoms with Gasteiger partial charge in [-0.1, -0.05) is 6.07 Å². The molecule has 0 atom stereocenters. The molecule has 0 bridgehead atoms. The maximum Gasteiger partial charge on any atom is 0.120 e. The number of hydrogen-bond acceptors (Lipinski definition) is 6. The van der Waals surface area contributed by atoms with Gasteiger partial charge in [-0.2, -0.15) is 5.26 Å². The number of rotatable bonds is 12. The first-order chi connectivity index (χ1) is 10.4. The lowest BCUT2D eigenvalue weighted by Crippen LogP contribution is -2.13. The maximum atomic E-state index is 8.76. The molecule has 6 nitrogen and oxygen atoms in total. The molecule has 0 amide bonds. The van der Waals surface area contributed by atoms with Gasteiger partial charge in [0.2, 0.25) is 0 Å². The van der Waals surface area contributed by atoms with E-state index in [0.29, 0.717) is 57.6 Å². The summed E-state index contributed by atoms with van der Waals surface area (Å²) in [4.78, 5) is 0. The molecule has 1 rings (SSSR count). The quantitative estimate of drug-likeness (QED) is 0.579. The number of aliphatic hydroxyl groups excluding tert-OH is 1. The minimum absolute atomic E-state index is 0.0282.